The van der Waals surface area contributed by atoms with Gasteiger partial charge in [-0.05, 0) is 48.0 Å². The Morgan fingerprint density at radius 2 is 1.80 bits per heavy atom. The average Bonchev–Trinajstić information content (AvgIpc) is 2.53. The summed E-state index contributed by atoms with van der Waals surface area (Å²) in [5.74, 6) is -1.14. The van der Waals surface area contributed by atoms with E-state index in [1.54, 1.807) is 12.1 Å². The van der Waals surface area contributed by atoms with E-state index in [0.717, 1.165) is 11.1 Å². The molecule has 0 aromatic heterocycles. The van der Waals surface area contributed by atoms with Gasteiger partial charge in [0, 0.05) is 16.6 Å². The fourth-order valence-corrected chi connectivity index (χ4v) is 2.68. The van der Waals surface area contributed by atoms with Crippen molar-refractivity contribution in [2.24, 2.45) is 0 Å². The van der Waals surface area contributed by atoms with Crippen LogP contribution in [0.2, 0.25) is 0 Å². The summed E-state index contributed by atoms with van der Waals surface area (Å²) in [5.41, 5.74) is 2.46. The molecular formula is C17H15BrN2O5. The van der Waals surface area contributed by atoms with E-state index in [1.807, 2.05) is 19.9 Å². The van der Waals surface area contributed by atoms with Crippen LogP contribution >= 0.6 is 15.9 Å². The summed E-state index contributed by atoms with van der Waals surface area (Å²) in [4.78, 5) is 34.1. The van der Waals surface area contributed by atoms with E-state index in [9.17, 15) is 19.7 Å². The van der Waals surface area contributed by atoms with Gasteiger partial charge in [0.1, 0.15) is 0 Å². The number of hydrogen-bond acceptors (Lipinski definition) is 5. The monoisotopic (exact) mass is 406 g/mol. The number of nitro groups is 1. The van der Waals surface area contributed by atoms with Crippen molar-refractivity contribution in [2.45, 2.75) is 13.8 Å². The predicted molar refractivity (Wildman–Crippen MR) is 95.6 cm³/mol. The first-order valence-electron chi connectivity index (χ1n) is 7.25. The zero-order chi connectivity index (χ0) is 18.6. The predicted octanol–water partition coefficient (Wildman–Crippen LogP) is 3.77. The number of halogens is 1. The molecule has 2 aromatic carbocycles. The zero-order valence-corrected chi connectivity index (χ0v) is 15.1. The Hall–Kier alpha value is -2.74. The molecule has 0 spiro atoms. The Kier molecular flexibility index (Phi) is 5.87. The van der Waals surface area contributed by atoms with E-state index >= 15 is 0 Å². The van der Waals surface area contributed by atoms with Crippen molar-refractivity contribution in [1.82, 2.24) is 0 Å². The molecule has 1 amide bonds. The SMILES string of the molecule is Cc1cc(C)cc(C(=O)OCC(=O)Nc2ccc([N+](=O)[O-])cc2Br)c1. The standard InChI is InChI=1S/C17H15BrN2O5/c1-10-5-11(2)7-12(6-10)17(22)25-9-16(21)19-15-4-3-13(20(23)24)8-14(15)18/h3-8H,9H2,1-2H3,(H,19,21). The number of amides is 1. The van der Waals surface area contributed by atoms with Gasteiger partial charge in [0.15, 0.2) is 6.61 Å². The second kappa shape index (κ2) is 7.89. The summed E-state index contributed by atoms with van der Waals surface area (Å²) in [5, 5.41) is 13.2. The van der Waals surface area contributed by atoms with Crippen LogP contribution in [0.25, 0.3) is 0 Å². The summed E-state index contributed by atoms with van der Waals surface area (Å²) >= 11 is 3.15. The molecule has 0 aliphatic carbocycles. The van der Waals surface area contributed by atoms with Crippen LogP contribution in [0.5, 0.6) is 0 Å². The van der Waals surface area contributed by atoms with Gasteiger partial charge in [0.2, 0.25) is 0 Å². The Morgan fingerprint density at radius 1 is 1.16 bits per heavy atom. The summed E-state index contributed by atoms with van der Waals surface area (Å²) in [6.45, 7) is 3.26. The van der Waals surface area contributed by atoms with E-state index in [0.29, 0.717) is 15.7 Å². The molecule has 8 heteroatoms. The number of esters is 1. The topological polar surface area (TPSA) is 98.5 Å². The maximum Gasteiger partial charge on any atom is 0.338 e. The molecule has 2 aromatic rings. The fraction of sp³-hybridized carbons (Fsp3) is 0.176. The molecule has 1 N–H and O–H groups in total. The van der Waals surface area contributed by atoms with Gasteiger partial charge in [-0.25, -0.2) is 4.79 Å². The van der Waals surface area contributed by atoms with Gasteiger partial charge in [0.25, 0.3) is 11.6 Å². The number of anilines is 1. The molecule has 0 heterocycles. The lowest BCUT2D eigenvalue weighted by Crippen LogP contribution is -2.21. The van der Waals surface area contributed by atoms with Crippen molar-refractivity contribution in [3.63, 3.8) is 0 Å². The Bertz CT molecular complexity index is 831. The van der Waals surface area contributed by atoms with Crippen LogP contribution in [0.1, 0.15) is 21.5 Å². The quantitative estimate of drug-likeness (QED) is 0.462. The van der Waals surface area contributed by atoms with Gasteiger partial charge in [-0.2, -0.15) is 0 Å². The number of non-ortho nitro benzene ring substituents is 1. The van der Waals surface area contributed by atoms with Crippen LogP contribution in [0.4, 0.5) is 11.4 Å². The van der Waals surface area contributed by atoms with Crippen LogP contribution in [-0.4, -0.2) is 23.4 Å². The molecule has 0 unspecified atom stereocenters. The van der Waals surface area contributed by atoms with Crippen molar-refractivity contribution in [2.75, 3.05) is 11.9 Å². The molecule has 0 radical (unpaired) electrons. The number of nitrogens with one attached hydrogen (secondary N) is 1. The minimum Gasteiger partial charge on any atom is -0.452 e. The van der Waals surface area contributed by atoms with Crippen molar-refractivity contribution in [3.8, 4) is 0 Å². The van der Waals surface area contributed by atoms with Crippen molar-refractivity contribution >= 4 is 39.2 Å². The zero-order valence-electron chi connectivity index (χ0n) is 13.5. The molecule has 0 fully saturated rings. The molecule has 0 aliphatic heterocycles. The number of hydrogen-bond donors (Lipinski definition) is 1. The summed E-state index contributed by atoms with van der Waals surface area (Å²) in [7, 11) is 0. The fourth-order valence-electron chi connectivity index (χ4n) is 2.21. The molecule has 0 saturated carbocycles. The second-order valence-corrected chi connectivity index (χ2v) is 6.28. The lowest BCUT2D eigenvalue weighted by Gasteiger charge is -2.09. The number of benzene rings is 2. The summed E-state index contributed by atoms with van der Waals surface area (Å²) in [6, 6.07) is 9.22. The first kappa shape index (κ1) is 18.6. The van der Waals surface area contributed by atoms with Crippen LogP contribution in [0, 0.1) is 24.0 Å². The molecule has 2 rings (SSSR count). The van der Waals surface area contributed by atoms with Crippen LogP contribution in [0.3, 0.4) is 0 Å². The van der Waals surface area contributed by atoms with Crippen molar-refractivity contribution in [3.05, 3.63) is 67.7 Å². The first-order chi connectivity index (χ1) is 11.8. The molecule has 0 bridgehead atoms. The molecule has 0 atom stereocenters. The molecule has 0 aliphatic rings. The van der Waals surface area contributed by atoms with Gasteiger partial charge < -0.3 is 10.1 Å². The summed E-state index contributed by atoms with van der Waals surface area (Å²) in [6.07, 6.45) is 0. The normalized spacial score (nSPS) is 10.2. The Labute approximate surface area is 152 Å². The Morgan fingerprint density at radius 3 is 2.36 bits per heavy atom. The number of rotatable bonds is 5. The Balaban J connectivity index is 1.96. The van der Waals surface area contributed by atoms with Crippen LogP contribution in [-0.2, 0) is 9.53 Å². The van der Waals surface area contributed by atoms with Gasteiger partial charge in [-0.3, -0.25) is 14.9 Å². The average molecular weight is 407 g/mol. The molecule has 0 saturated heterocycles. The lowest BCUT2D eigenvalue weighted by molar-refractivity contribution is -0.384. The van der Waals surface area contributed by atoms with E-state index in [2.05, 4.69) is 21.2 Å². The lowest BCUT2D eigenvalue weighted by atomic mass is 10.1. The third kappa shape index (κ3) is 5.12. The van der Waals surface area contributed by atoms with E-state index in [1.165, 1.54) is 18.2 Å². The van der Waals surface area contributed by atoms with Crippen molar-refractivity contribution < 1.29 is 19.2 Å². The van der Waals surface area contributed by atoms with Gasteiger partial charge >= 0.3 is 5.97 Å². The molecular weight excluding hydrogens is 392 g/mol. The molecule has 130 valence electrons. The number of aryl methyl sites for hydroxylation is 2. The van der Waals surface area contributed by atoms with Crippen LogP contribution < -0.4 is 5.32 Å². The highest BCUT2D eigenvalue weighted by atomic mass is 79.9. The highest BCUT2D eigenvalue weighted by Gasteiger charge is 2.14. The number of nitro benzene ring substituents is 1. The largest absolute Gasteiger partial charge is 0.452 e. The van der Waals surface area contributed by atoms with E-state index in [-0.39, 0.29) is 5.69 Å². The number of nitrogens with zero attached hydrogens (tertiary/aromatic N) is 1. The molecule has 25 heavy (non-hydrogen) atoms. The molecule has 7 nitrogen and oxygen atoms in total. The highest BCUT2D eigenvalue weighted by Crippen LogP contribution is 2.27. The minimum atomic E-state index is -0.593. The highest BCUT2D eigenvalue weighted by molar-refractivity contribution is 9.10. The van der Waals surface area contributed by atoms with Gasteiger partial charge in [0.05, 0.1) is 16.2 Å². The number of ether oxygens (including phenoxy) is 1. The third-order valence-electron chi connectivity index (χ3n) is 3.23. The number of carbonyl (C=O) groups excluding carboxylic acids is 2. The van der Waals surface area contributed by atoms with Crippen molar-refractivity contribution in [1.29, 1.82) is 0 Å². The summed E-state index contributed by atoms with van der Waals surface area (Å²) < 4.78 is 5.36. The van der Waals surface area contributed by atoms with Crippen LogP contribution in [0.15, 0.2) is 40.9 Å². The van der Waals surface area contributed by atoms with E-state index in [4.69, 9.17) is 4.74 Å². The first-order valence-corrected chi connectivity index (χ1v) is 8.05. The van der Waals surface area contributed by atoms with E-state index < -0.39 is 23.4 Å². The van der Waals surface area contributed by atoms with Gasteiger partial charge in [-0.1, -0.05) is 17.2 Å². The third-order valence-corrected chi connectivity index (χ3v) is 3.89. The number of carbonyl (C=O) groups is 2. The smallest absolute Gasteiger partial charge is 0.338 e. The maximum absolute atomic E-state index is 12.0. The maximum atomic E-state index is 12.0. The van der Waals surface area contributed by atoms with Gasteiger partial charge in [-0.15, -0.1) is 0 Å². The second-order valence-electron chi connectivity index (χ2n) is 5.42. The minimum absolute atomic E-state index is 0.105.